The van der Waals surface area contributed by atoms with Crippen LogP contribution < -0.4 is 11.1 Å². The molecule has 0 radical (unpaired) electrons. The predicted octanol–water partition coefficient (Wildman–Crippen LogP) is 1.55. The maximum Gasteiger partial charge on any atom is 0.252 e. The normalized spacial score (nSPS) is 21.4. The van der Waals surface area contributed by atoms with Crippen LogP contribution in [-0.2, 0) is 24.1 Å². The Morgan fingerprint density at radius 2 is 1.96 bits per heavy atom. The molecule has 1 aliphatic carbocycles. The summed E-state index contributed by atoms with van der Waals surface area (Å²) in [6, 6.07) is 0. The number of ketones is 1. The van der Waals surface area contributed by atoms with E-state index in [1.165, 1.54) is 0 Å². The highest BCUT2D eigenvalue weighted by molar-refractivity contribution is 5.97. The van der Waals surface area contributed by atoms with Crippen molar-refractivity contribution in [2.45, 2.75) is 46.5 Å². The summed E-state index contributed by atoms with van der Waals surface area (Å²) >= 11 is 0. The molecular weight excluding hydrogens is 330 g/mol. The Kier molecular flexibility index (Phi) is 5.53. The third-order valence-electron chi connectivity index (χ3n) is 5.78. The lowest BCUT2D eigenvalue weighted by Gasteiger charge is -2.33. The van der Waals surface area contributed by atoms with E-state index in [2.05, 4.69) is 31.0 Å². The van der Waals surface area contributed by atoms with Gasteiger partial charge in [-0.25, -0.2) is 0 Å². The molecule has 0 spiro atoms. The lowest BCUT2D eigenvalue weighted by Crippen LogP contribution is -2.45. The van der Waals surface area contributed by atoms with Crippen molar-refractivity contribution in [3.8, 4) is 0 Å². The molecule has 0 saturated carbocycles. The van der Waals surface area contributed by atoms with Gasteiger partial charge >= 0.3 is 0 Å². The number of carbonyl (C=O) groups excluding carboxylic acids is 2. The summed E-state index contributed by atoms with van der Waals surface area (Å²) in [7, 11) is 0. The zero-order valence-electron chi connectivity index (χ0n) is 16.2. The van der Waals surface area contributed by atoms with Crippen molar-refractivity contribution in [2.24, 2.45) is 17.1 Å². The van der Waals surface area contributed by atoms with Crippen LogP contribution in [0.1, 0.15) is 54.6 Å². The molecule has 1 saturated heterocycles. The van der Waals surface area contributed by atoms with Gasteiger partial charge in [-0.2, -0.15) is 0 Å². The monoisotopic (exact) mass is 361 g/mol. The van der Waals surface area contributed by atoms with Crippen LogP contribution in [0, 0.1) is 11.3 Å². The molecular formula is C20H31N3O3. The van der Waals surface area contributed by atoms with E-state index in [-0.39, 0.29) is 17.6 Å². The summed E-state index contributed by atoms with van der Waals surface area (Å²) in [5.41, 5.74) is 7.22. The third-order valence-corrected chi connectivity index (χ3v) is 5.78. The zero-order valence-corrected chi connectivity index (χ0v) is 16.2. The molecule has 1 amide bonds. The van der Waals surface area contributed by atoms with Crippen molar-refractivity contribution in [1.29, 1.82) is 0 Å². The van der Waals surface area contributed by atoms with E-state index in [9.17, 15) is 9.59 Å². The quantitative estimate of drug-likeness (QED) is 0.831. The largest absolute Gasteiger partial charge is 0.464 e. The molecule has 2 aliphatic rings. The van der Waals surface area contributed by atoms with E-state index >= 15 is 0 Å². The maximum atomic E-state index is 12.5. The van der Waals surface area contributed by atoms with Gasteiger partial charge in [-0.1, -0.05) is 20.8 Å². The van der Waals surface area contributed by atoms with Gasteiger partial charge < -0.3 is 15.5 Å². The van der Waals surface area contributed by atoms with Crippen LogP contribution in [0.2, 0.25) is 0 Å². The first-order valence-corrected chi connectivity index (χ1v) is 9.63. The molecule has 1 fully saturated rings. The fourth-order valence-corrected chi connectivity index (χ4v) is 4.15. The van der Waals surface area contributed by atoms with Gasteiger partial charge in [0.15, 0.2) is 5.78 Å². The number of hydrogen-bond acceptors (Lipinski definition) is 5. The molecule has 3 rings (SSSR count). The molecule has 26 heavy (non-hydrogen) atoms. The molecule has 144 valence electrons. The number of Topliss-reactive ketones (excluding diaryl/α,β-unsaturated/α-hetero) is 1. The van der Waals surface area contributed by atoms with E-state index < -0.39 is 5.91 Å². The summed E-state index contributed by atoms with van der Waals surface area (Å²) in [6.45, 7) is 10.7. The van der Waals surface area contributed by atoms with Crippen LogP contribution in [0.15, 0.2) is 4.42 Å². The Morgan fingerprint density at radius 3 is 2.58 bits per heavy atom. The Hall–Kier alpha value is -1.66. The summed E-state index contributed by atoms with van der Waals surface area (Å²) in [6.07, 6.45) is 2.77. The fourth-order valence-electron chi connectivity index (χ4n) is 4.15. The number of fused-ring (bicyclic) bond motifs is 1. The minimum Gasteiger partial charge on any atom is -0.464 e. The second kappa shape index (κ2) is 7.53. The number of primary amides is 1. The van der Waals surface area contributed by atoms with Crippen LogP contribution >= 0.6 is 0 Å². The van der Waals surface area contributed by atoms with Crippen molar-refractivity contribution in [2.75, 3.05) is 32.7 Å². The van der Waals surface area contributed by atoms with Crippen molar-refractivity contribution in [3.63, 3.8) is 0 Å². The number of furan rings is 1. The average molecular weight is 361 g/mol. The second-order valence-electron chi connectivity index (χ2n) is 8.71. The number of piperazine rings is 1. The van der Waals surface area contributed by atoms with Crippen LogP contribution in [0.5, 0.6) is 0 Å². The summed E-state index contributed by atoms with van der Waals surface area (Å²) < 4.78 is 6.03. The predicted molar refractivity (Wildman–Crippen MR) is 100 cm³/mol. The third kappa shape index (κ3) is 4.18. The van der Waals surface area contributed by atoms with Crippen LogP contribution in [0.3, 0.4) is 0 Å². The molecule has 3 N–H and O–H groups in total. The molecule has 6 nitrogen and oxygen atoms in total. The van der Waals surface area contributed by atoms with Gasteiger partial charge in [-0.15, -0.1) is 0 Å². The van der Waals surface area contributed by atoms with E-state index in [0.717, 1.165) is 56.8 Å². The Bertz CT molecular complexity index is 681. The molecule has 1 unspecified atom stereocenters. The number of nitrogens with one attached hydrogen (secondary N) is 1. The Labute approximate surface area is 155 Å². The Balaban J connectivity index is 1.76. The van der Waals surface area contributed by atoms with Crippen molar-refractivity contribution < 1.29 is 14.0 Å². The SMILES string of the molecule is CC(C)(C)C1CCc2c(oc(CC(=O)CN3CCNCC3)c2C(N)=O)C1. The summed E-state index contributed by atoms with van der Waals surface area (Å²) in [4.78, 5) is 26.7. The fraction of sp³-hybridized carbons (Fsp3) is 0.700. The highest BCUT2D eigenvalue weighted by Crippen LogP contribution is 2.40. The highest BCUT2D eigenvalue weighted by atomic mass is 16.3. The van der Waals surface area contributed by atoms with E-state index in [4.69, 9.17) is 10.2 Å². The summed E-state index contributed by atoms with van der Waals surface area (Å²) in [5.74, 6) is 1.43. The topological polar surface area (TPSA) is 88.6 Å². The number of nitrogens with two attached hydrogens (primary N) is 1. The van der Waals surface area contributed by atoms with Crippen LogP contribution in [0.25, 0.3) is 0 Å². The van der Waals surface area contributed by atoms with E-state index in [0.29, 0.717) is 23.8 Å². The average Bonchev–Trinajstić information content (AvgIpc) is 2.91. The smallest absolute Gasteiger partial charge is 0.252 e. The molecule has 1 aromatic rings. The molecule has 1 aliphatic heterocycles. The number of hydrogen-bond donors (Lipinski definition) is 2. The van der Waals surface area contributed by atoms with Crippen LogP contribution in [0.4, 0.5) is 0 Å². The summed E-state index contributed by atoms with van der Waals surface area (Å²) in [5, 5.41) is 3.28. The van der Waals surface area contributed by atoms with Crippen molar-refractivity contribution in [3.05, 3.63) is 22.6 Å². The van der Waals surface area contributed by atoms with Crippen molar-refractivity contribution in [1.82, 2.24) is 10.2 Å². The number of amides is 1. The standard InChI is InChI=1S/C20H31N3O3/c1-20(2,3)13-4-5-15-16(10-13)26-17(18(15)19(21)25)11-14(24)12-23-8-6-22-7-9-23/h13,22H,4-12H2,1-3H3,(H2,21,25). The van der Waals surface area contributed by atoms with E-state index in [1.54, 1.807) is 0 Å². The van der Waals surface area contributed by atoms with Crippen molar-refractivity contribution >= 4 is 11.7 Å². The molecule has 6 heteroatoms. The number of nitrogens with zero attached hydrogens (tertiary/aromatic N) is 1. The van der Waals surface area contributed by atoms with Gasteiger partial charge in [0, 0.05) is 38.2 Å². The molecule has 1 aromatic heterocycles. The molecule has 0 aromatic carbocycles. The lowest BCUT2D eigenvalue weighted by atomic mass is 9.72. The van der Waals surface area contributed by atoms with Gasteiger partial charge in [0.05, 0.1) is 18.5 Å². The first kappa shape index (κ1) is 19.1. The van der Waals surface area contributed by atoms with Gasteiger partial charge in [0.2, 0.25) is 0 Å². The Morgan fingerprint density at radius 1 is 1.27 bits per heavy atom. The minimum atomic E-state index is -0.478. The number of rotatable bonds is 5. The second-order valence-corrected chi connectivity index (χ2v) is 8.71. The molecule has 0 bridgehead atoms. The molecule has 1 atom stereocenters. The molecule has 2 heterocycles. The van der Waals surface area contributed by atoms with Gasteiger partial charge in [-0.3, -0.25) is 14.5 Å². The first-order chi connectivity index (χ1) is 12.3. The zero-order chi connectivity index (χ0) is 18.9. The number of carbonyl (C=O) groups is 2. The van der Waals surface area contributed by atoms with E-state index in [1.807, 2.05) is 0 Å². The van der Waals surface area contributed by atoms with Gasteiger partial charge in [0.1, 0.15) is 11.5 Å². The van der Waals surface area contributed by atoms with Gasteiger partial charge in [-0.05, 0) is 24.2 Å². The highest BCUT2D eigenvalue weighted by Gasteiger charge is 2.34. The van der Waals surface area contributed by atoms with Crippen LogP contribution in [-0.4, -0.2) is 49.3 Å². The lowest BCUT2D eigenvalue weighted by molar-refractivity contribution is -0.119. The first-order valence-electron chi connectivity index (χ1n) is 9.63. The van der Waals surface area contributed by atoms with Gasteiger partial charge in [0.25, 0.3) is 5.91 Å². The maximum absolute atomic E-state index is 12.5. The minimum absolute atomic E-state index is 0.0767.